The molecular formula is C21H18FN3O3S. The summed E-state index contributed by atoms with van der Waals surface area (Å²) in [5.74, 6) is -0.721. The van der Waals surface area contributed by atoms with Crippen molar-refractivity contribution in [2.45, 2.75) is 5.60 Å². The van der Waals surface area contributed by atoms with Gasteiger partial charge in [-0.25, -0.2) is 4.39 Å². The summed E-state index contributed by atoms with van der Waals surface area (Å²) in [6.07, 6.45) is 2.94. The fraction of sp³-hybridized carbons (Fsp3) is 0.143. The molecule has 1 aromatic carbocycles. The van der Waals surface area contributed by atoms with Crippen LogP contribution in [0.3, 0.4) is 0 Å². The number of furan rings is 1. The van der Waals surface area contributed by atoms with E-state index < -0.39 is 5.60 Å². The Labute approximate surface area is 170 Å². The number of thiophene rings is 1. The number of aryl methyl sites for hydroxylation is 1. The third kappa shape index (κ3) is 3.72. The second-order valence-corrected chi connectivity index (χ2v) is 7.53. The lowest BCUT2D eigenvalue weighted by Crippen LogP contribution is -2.41. The predicted molar refractivity (Wildman–Crippen MR) is 107 cm³/mol. The normalized spacial score (nSPS) is 13.2. The van der Waals surface area contributed by atoms with Gasteiger partial charge < -0.3 is 14.8 Å². The van der Waals surface area contributed by atoms with Crippen molar-refractivity contribution >= 4 is 17.2 Å². The van der Waals surface area contributed by atoms with E-state index >= 15 is 0 Å². The molecule has 0 aliphatic rings. The molecule has 148 valence electrons. The Morgan fingerprint density at radius 2 is 2.10 bits per heavy atom. The van der Waals surface area contributed by atoms with Crippen LogP contribution in [-0.4, -0.2) is 27.3 Å². The molecule has 1 amide bonds. The number of hydrogen-bond acceptors (Lipinski definition) is 5. The lowest BCUT2D eigenvalue weighted by molar-refractivity contribution is 0.0709. The predicted octanol–water partition coefficient (Wildman–Crippen LogP) is 3.55. The van der Waals surface area contributed by atoms with Crippen molar-refractivity contribution < 1.29 is 18.7 Å². The molecule has 0 fully saturated rings. The molecule has 1 unspecified atom stereocenters. The summed E-state index contributed by atoms with van der Waals surface area (Å²) >= 11 is 1.39. The van der Waals surface area contributed by atoms with Gasteiger partial charge in [0, 0.05) is 23.1 Å². The Hall–Kier alpha value is -3.23. The minimum atomic E-state index is -1.41. The van der Waals surface area contributed by atoms with Gasteiger partial charge in [-0.05, 0) is 47.8 Å². The first-order chi connectivity index (χ1) is 14.0. The standard InChI is InChI=1S/C21H18FN3O3S/c1-25-18(11-17(24-25)14-4-6-16(22)7-5-14)20(26)23-13-21(27,15-8-9-28-12-15)19-3-2-10-29-19/h2-12,27H,13H2,1H3,(H,23,26). The molecule has 0 aliphatic heterocycles. The van der Waals surface area contributed by atoms with Crippen LogP contribution in [0.15, 0.2) is 70.9 Å². The van der Waals surface area contributed by atoms with Crippen LogP contribution in [0.4, 0.5) is 4.39 Å². The maximum atomic E-state index is 13.1. The minimum absolute atomic E-state index is 0.0387. The van der Waals surface area contributed by atoms with Gasteiger partial charge >= 0.3 is 0 Å². The maximum absolute atomic E-state index is 13.1. The van der Waals surface area contributed by atoms with E-state index in [1.54, 1.807) is 37.4 Å². The van der Waals surface area contributed by atoms with E-state index in [0.717, 1.165) is 0 Å². The highest BCUT2D eigenvalue weighted by Crippen LogP contribution is 2.32. The van der Waals surface area contributed by atoms with Crippen molar-refractivity contribution in [1.29, 1.82) is 0 Å². The number of halogens is 1. The quantitative estimate of drug-likeness (QED) is 0.509. The molecule has 4 aromatic rings. The van der Waals surface area contributed by atoms with Gasteiger partial charge in [0.1, 0.15) is 17.1 Å². The second-order valence-electron chi connectivity index (χ2n) is 6.58. The number of aromatic nitrogens is 2. The number of carbonyl (C=O) groups excluding carboxylic acids is 1. The fourth-order valence-electron chi connectivity index (χ4n) is 3.09. The van der Waals surface area contributed by atoms with E-state index in [0.29, 0.717) is 27.4 Å². The van der Waals surface area contributed by atoms with Crippen molar-refractivity contribution in [3.05, 3.63) is 88.4 Å². The number of nitrogens with one attached hydrogen (secondary N) is 1. The molecular weight excluding hydrogens is 393 g/mol. The molecule has 0 bridgehead atoms. The van der Waals surface area contributed by atoms with Crippen LogP contribution in [-0.2, 0) is 12.6 Å². The summed E-state index contributed by atoms with van der Waals surface area (Å²) in [4.78, 5) is 13.5. The SMILES string of the molecule is Cn1nc(-c2ccc(F)cc2)cc1C(=O)NCC(O)(c1ccoc1)c1cccs1. The van der Waals surface area contributed by atoms with Crippen molar-refractivity contribution in [2.75, 3.05) is 6.54 Å². The molecule has 29 heavy (non-hydrogen) atoms. The van der Waals surface area contributed by atoms with Crippen molar-refractivity contribution in [2.24, 2.45) is 7.05 Å². The van der Waals surface area contributed by atoms with E-state index in [1.807, 2.05) is 11.4 Å². The number of hydrogen-bond donors (Lipinski definition) is 2. The number of benzene rings is 1. The summed E-state index contributed by atoms with van der Waals surface area (Å²) in [6.45, 7) is -0.0387. The van der Waals surface area contributed by atoms with Gasteiger partial charge in [-0.1, -0.05) is 6.07 Å². The highest BCUT2D eigenvalue weighted by molar-refractivity contribution is 7.10. The number of amides is 1. The van der Waals surface area contributed by atoms with Crippen molar-refractivity contribution in [3.63, 3.8) is 0 Å². The average Bonchev–Trinajstić information content (AvgIpc) is 3.48. The first-order valence-corrected chi connectivity index (χ1v) is 9.72. The van der Waals surface area contributed by atoms with E-state index in [-0.39, 0.29) is 18.3 Å². The molecule has 0 saturated heterocycles. The molecule has 2 N–H and O–H groups in total. The molecule has 0 spiro atoms. The molecule has 0 radical (unpaired) electrons. The Bertz CT molecular complexity index is 1070. The molecule has 4 rings (SSSR count). The van der Waals surface area contributed by atoms with Crippen LogP contribution in [0, 0.1) is 5.82 Å². The molecule has 0 saturated carbocycles. The van der Waals surface area contributed by atoms with Crippen molar-refractivity contribution in [1.82, 2.24) is 15.1 Å². The van der Waals surface area contributed by atoms with E-state index in [4.69, 9.17) is 4.42 Å². The highest BCUT2D eigenvalue weighted by atomic mass is 32.1. The van der Waals surface area contributed by atoms with Gasteiger partial charge in [-0.15, -0.1) is 11.3 Å². The monoisotopic (exact) mass is 411 g/mol. The van der Waals surface area contributed by atoms with Crippen molar-refractivity contribution in [3.8, 4) is 11.3 Å². The molecule has 0 aliphatic carbocycles. The minimum Gasteiger partial charge on any atom is -0.472 e. The Kier molecular flexibility index (Phi) is 5.04. The molecule has 3 heterocycles. The van der Waals surface area contributed by atoms with E-state index in [1.165, 1.54) is 40.7 Å². The van der Waals surface area contributed by atoms with Gasteiger partial charge in [0.25, 0.3) is 5.91 Å². The Morgan fingerprint density at radius 1 is 1.31 bits per heavy atom. The van der Waals surface area contributed by atoms with Gasteiger partial charge in [-0.2, -0.15) is 5.10 Å². The molecule has 6 nitrogen and oxygen atoms in total. The van der Waals surface area contributed by atoms with Crippen LogP contribution in [0.1, 0.15) is 20.9 Å². The Morgan fingerprint density at radius 3 is 2.76 bits per heavy atom. The summed E-state index contributed by atoms with van der Waals surface area (Å²) in [6, 6.07) is 12.8. The average molecular weight is 411 g/mol. The van der Waals surface area contributed by atoms with Crippen LogP contribution in [0.2, 0.25) is 0 Å². The zero-order valence-corrected chi connectivity index (χ0v) is 16.3. The maximum Gasteiger partial charge on any atom is 0.269 e. The zero-order chi connectivity index (χ0) is 20.4. The molecule has 3 aromatic heterocycles. The van der Waals surface area contributed by atoms with Crippen LogP contribution in [0.25, 0.3) is 11.3 Å². The summed E-state index contributed by atoms with van der Waals surface area (Å²) in [7, 11) is 1.66. The number of carbonyl (C=O) groups is 1. The highest BCUT2D eigenvalue weighted by Gasteiger charge is 2.34. The van der Waals surface area contributed by atoms with Gasteiger partial charge in [-0.3, -0.25) is 9.48 Å². The number of aliphatic hydroxyl groups is 1. The fourth-order valence-corrected chi connectivity index (χ4v) is 3.93. The third-order valence-corrected chi connectivity index (χ3v) is 5.71. The zero-order valence-electron chi connectivity index (χ0n) is 15.5. The lowest BCUT2D eigenvalue weighted by atomic mass is 9.94. The van der Waals surface area contributed by atoms with Crippen LogP contribution < -0.4 is 5.32 Å². The molecule has 8 heteroatoms. The summed E-state index contributed by atoms with van der Waals surface area (Å²) in [5, 5.41) is 20.3. The number of rotatable bonds is 6. The van der Waals surface area contributed by atoms with Crippen LogP contribution >= 0.6 is 11.3 Å². The van der Waals surface area contributed by atoms with Gasteiger partial charge in [0.2, 0.25) is 0 Å². The van der Waals surface area contributed by atoms with E-state index in [9.17, 15) is 14.3 Å². The topological polar surface area (TPSA) is 80.3 Å². The number of nitrogens with zero attached hydrogens (tertiary/aromatic N) is 2. The first kappa shape index (κ1) is 19.1. The van der Waals surface area contributed by atoms with E-state index in [2.05, 4.69) is 10.4 Å². The van der Waals surface area contributed by atoms with Gasteiger partial charge in [0.05, 0.1) is 24.8 Å². The summed E-state index contributed by atoms with van der Waals surface area (Å²) < 4.78 is 19.7. The third-order valence-electron chi connectivity index (χ3n) is 4.68. The largest absolute Gasteiger partial charge is 0.472 e. The van der Waals surface area contributed by atoms with Crippen LogP contribution in [0.5, 0.6) is 0 Å². The van der Waals surface area contributed by atoms with Gasteiger partial charge in [0.15, 0.2) is 0 Å². The second kappa shape index (κ2) is 7.65. The smallest absolute Gasteiger partial charge is 0.269 e. The first-order valence-electron chi connectivity index (χ1n) is 8.84. The Balaban J connectivity index is 1.55. The summed E-state index contributed by atoms with van der Waals surface area (Å²) in [5.41, 5.74) is 0.729. The molecule has 1 atom stereocenters. The lowest BCUT2D eigenvalue weighted by Gasteiger charge is -2.26.